The first-order valence-corrected chi connectivity index (χ1v) is 10.3. The molecule has 3 rings (SSSR count). The third-order valence-electron chi connectivity index (χ3n) is 7.12. The van der Waals surface area contributed by atoms with Crippen molar-refractivity contribution in [3.63, 3.8) is 0 Å². The quantitative estimate of drug-likeness (QED) is 0.858. The van der Waals surface area contributed by atoms with E-state index in [0.29, 0.717) is 12.0 Å². The van der Waals surface area contributed by atoms with Gasteiger partial charge in [0.1, 0.15) is 0 Å². The minimum atomic E-state index is 0.0222. The molecular formula is C20H37N3O. The predicted octanol–water partition coefficient (Wildman–Crippen LogP) is 2.88. The van der Waals surface area contributed by atoms with Crippen molar-refractivity contribution in [1.82, 2.24) is 15.1 Å². The van der Waals surface area contributed by atoms with Gasteiger partial charge >= 0.3 is 0 Å². The number of rotatable bonds is 4. The van der Waals surface area contributed by atoms with Crippen molar-refractivity contribution < 1.29 is 4.79 Å². The van der Waals surface area contributed by atoms with Gasteiger partial charge in [-0.3, -0.25) is 9.69 Å². The number of hydrogen-bond donors (Lipinski definition) is 1. The van der Waals surface area contributed by atoms with Gasteiger partial charge in [-0.1, -0.05) is 26.7 Å². The van der Waals surface area contributed by atoms with E-state index in [1.807, 2.05) is 0 Å². The molecule has 4 unspecified atom stereocenters. The van der Waals surface area contributed by atoms with E-state index in [1.54, 1.807) is 0 Å². The highest BCUT2D eigenvalue weighted by Gasteiger charge is 2.33. The number of nitrogens with one attached hydrogen (secondary N) is 1. The Bertz CT molecular complexity index is 413. The summed E-state index contributed by atoms with van der Waals surface area (Å²) in [7, 11) is 0. The maximum absolute atomic E-state index is 12.7. The summed E-state index contributed by atoms with van der Waals surface area (Å²) in [5, 5.41) is 3.37. The maximum atomic E-state index is 12.7. The van der Waals surface area contributed by atoms with Crippen molar-refractivity contribution in [2.75, 3.05) is 26.2 Å². The highest BCUT2D eigenvalue weighted by atomic mass is 16.2. The Morgan fingerprint density at radius 2 is 1.62 bits per heavy atom. The van der Waals surface area contributed by atoms with Crippen LogP contribution in [0.3, 0.4) is 0 Å². The normalized spacial score (nSPS) is 35.0. The fourth-order valence-electron chi connectivity index (χ4n) is 5.00. The van der Waals surface area contributed by atoms with Gasteiger partial charge in [0, 0.05) is 25.2 Å². The fourth-order valence-corrected chi connectivity index (χ4v) is 5.00. The molecule has 1 N–H and O–H groups in total. The predicted molar refractivity (Wildman–Crippen MR) is 99.0 cm³/mol. The second-order valence-electron chi connectivity index (χ2n) is 8.57. The SMILES string of the molecule is CC1CCCC(NC(=O)C(C)N2CCC(N3CCCC3)CC2)C1C. The Kier molecular flexibility index (Phi) is 6.20. The van der Waals surface area contributed by atoms with E-state index in [-0.39, 0.29) is 11.9 Å². The van der Waals surface area contributed by atoms with Crippen LogP contribution in [-0.2, 0) is 4.79 Å². The van der Waals surface area contributed by atoms with Gasteiger partial charge < -0.3 is 10.2 Å². The summed E-state index contributed by atoms with van der Waals surface area (Å²) in [6, 6.07) is 1.16. The van der Waals surface area contributed by atoms with Crippen LogP contribution in [0.1, 0.15) is 65.7 Å². The summed E-state index contributed by atoms with van der Waals surface area (Å²) < 4.78 is 0. The smallest absolute Gasteiger partial charge is 0.237 e. The zero-order valence-corrected chi connectivity index (χ0v) is 16.0. The zero-order chi connectivity index (χ0) is 17.1. The lowest BCUT2D eigenvalue weighted by Gasteiger charge is -2.40. The second kappa shape index (κ2) is 8.18. The first kappa shape index (κ1) is 18.2. The summed E-state index contributed by atoms with van der Waals surface area (Å²) in [6.07, 6.45) is 8.93. The zero-order valence-electron chi connectivity index (χ0n) is 16.0. The van der Waals surface area contributed by atoms with E-state index in [0.717, 1.165) is 31.5 Å². The highest BCUT2D eigenvalue weighted by Crippen LogP contribution is 2.29. The van der Waals surface area contributed by atoms with Crippen molar-refractivity contribution in [2.45, 2.75) is 83.8 Å². The average molecular weight is 336 g/mol. The third kappa shape index (κ3) is 4.13. The summed E-state index contributed by atoms with van der Waals surface area (Å²) in [6.45, 7) is 11.5. The Balaban J connectivity index is 1.45. The van der Waals surface area contributed by atoms with Gasteiger partial charge in [-0.15, -0.1) is 0 Å². The lowest BCUT2D eigenvalue weighted by Crippen LogP contribution is -2.54. The molecule has 0 radical (unpaired) electrons. The van der Waals surface area contributed by atoms with Gasteiger partial charge in [0.15, 0.2) is 0 Å². The van der Waals surface area contributed by atoms with Crippen LogP contribution in [0.25, 0.3) is 0 Å². The largest absolute Gasteiger partial charge is 0.352 e. The van der Waals surface area contributed by atoms with E-state index in [9.17, 15) is 4.79 Å². The summed E-state index contributed by atoms with van der Waals surface area (Å²) in [4.78, 5) is 17.8. The number of carbonyl (C=O) groups is 1. The van der Waals surface area contributed by atoms with Gasteiger partial charge in [0.05, 0.1) is 6.04 Å². The molecule has 2 heterocycles. The number of carbonyl (C=O) groups excluding carboxylic acids is 1. The monoisotopic (exact) mass is 335 g/mol. The Labute approximate surface area is 148 Å². The van der Waals surface area contributed by atoms with Crippen molar-refractivity contribution >= 4 is 5.91 Å². The molecule has 0 bridgehead atoms. The Morgan fingerprint density at radius 1 is 0.958 bits per heavy atom. The van der Waals surface area contributed by atoms with Gasteiger partial charge in [0.2, 0.25) is 5.91 Å². The van der Waals surface area contributed by atoms with Crippen LogP contribution < -0.4 is 5.32 Å². The topological polar surface area (TPSA) is 35.6 Å². The number of likely N-dealkylation sites (tertiary alicyclic amines) is 2. The highest BCUT2D eigenvalue weighted by molar-refractivity contribution is 5.81. The summed E-state index contributed by atoms with van der Waals surface area (Å²) >= 11 is 0. The van der Waals surface area contributed by atoms with Gasteiger partial charge in [-0.05, 0) is 64.0 Å². The molecule has 2 aliphatic heterocycles. The van der Waals surface area contributed by atoms with Gasteiger partial charge in [0.25, 0.3) is 0 Å². The third-order valence-corrected chi connectivity index (χ3v) is 7.12. The van der Waals surface area contributed by atoms with Crippen LogP contribution >= 0.6 is 0 Å². The van der Waals surface area contributed by atoms with E-state index >= 15 is 0 Å². The first-order chi connectivity index (χ1) is 11.6. The molecule has 3 aliphatic rings. The molecule has 24 heavy (non-hydrogen) atoms. The second-order valence-corrected chi connectivity index (χ2v) is 8.57. The maximum Gasteiger partial charge on any atom is 0.237 e. The standard InChI is InChI=1S/C20H37N3O/c1-15-7-6-8-19(16(15)2)21-20(24)17(3)22-13-9-18(10-14-22)23-11-4-5-12-23/h15-19H,4-14H2,1-3H3,(H,21,24). The molecule has 0 aromatic carbocycles. The lowest BCUT2D eigenvalue weighted by molar-refractivity contribution is -0.128. The summed E-state index contributed by atoms with van der Waals surface area (Å²) in [5.41, 5.74) is 0. The van der Waals surface area contributed by atoms with Gasteiger partial charge in [-0.2, -0.15) is 0 Å². The molecule has 4 atom stereocenters. The Hall–Kier alpha value is -0.610. The minimum Gasteiger partial charge on any atom is -0.352 e. The first-order valence-electron chi connectivity index (χ1n) is 10.3. The number of hydrogen-bond acceptors (Lipinski definition) is 3. The lowest BCUT2D eigenvalue weighted by atomic mass is 9.78. The number of piperidine rings is 1. The Morgan fingerprint density at radius 3 is 2.29 bits per heavy atom. The van der Waals surface area contributed by atoms with Gasteiger partial charge in [-0.25, -0.2) is 0 Å². The molecule has 2 saturated heterocycles. The molecule has 1 saturated carbocycles. The molecule has 0 aromatic rings. The van der Waals surface area contributed by atoms with Crippen molar-refractivity contribution in [1.29, 1.82) is 0 Å². The molecule has 1 aliphatic carbocycles. The molecule has 0 aromatic heterocycles. The van der Waals surface area contributed by atoms with Crippen LogP contribution in [-0.4, -0.2) is 60.0 Å². The van der Waals surface area contributed by atoms with Crippen molar-refractivity contribution in [3.05, 3.63) is 0 Å². The molecular weight excluding hydrogens is 298 g/mol. The van der Waals surface area contributed by atoms with Crippen LogP contribution in [0.2, 0.25) is 0 Å². The van der Waals surface area contributed by atoms with E-state index in [4.69, 9.17) is 0 Å². The summed E-state index contributed by atoms with van der Waals surface area (Å²) in [5.74, 6) is 1.59. The number of amides is 1. The van der Waals surface area contributed by atoms with Crippen molar-refractivity contribution in [2.24, 2.45) is 11.8 Å². The van der Waals surface area contributed by atoms with Crippen molar-refractivity contribution in [3.8, 4) is 0 Å². The fraction of sp³-hybridized carbons (Fsp3) is 0.950. The molecule has 4 nitrogen and oxygen atoms in total. The molecule has 3 fully saturated rings. The molecule has 4 heteroatoms. The van der Waals surface area contributed by atoms with Crippen LogP contribution in [0.5, 0.6) is 0 Å². The van der Waals surface area contributed by atoms with Crippen LogP contribution in [0, 0.1) is 11.8 Å². The molecule has 138 valence electrons. The minimum absolute atomic E-state index is 0.0222. The average Bonchev–Trinajstić information content (AvgIpc) is 3.13. The van der Waals surface area contributed by atoms with Crippen LogP contribution in [0.15, 0.2) is 0 Å². The van der Waals surface area contributed by atoms with E-state index < -0.39 is 0 Å². The molecule has 1 amide bonds. The number of nitrogens with zero attached hydrogens (tertiary/aromatic N) is 2. The van der Waals surface area contributed by atoms with E-state index in [2.05, 4.69) is 35.9 Å². The van der Waals surface area contributed by atoms with Crippen LogP contribution in [0.4, 0.5) is 0 Å². The molecule has 0 spiro atoms. The van der Waals surface area contributed by atoms with E-state index in [1.165, 1.54) is 51.6 Å².